The van der Waals surface area contributed by atoms with Crippen LogP contribution in [-0.2, 0) is 7.05 Å². The van der Waals surface area contributed by atoms with Crippen molar-refractivity contribution in [1.82, 2.24) is 9.55 Å². The lowest BCUT2D eigenvalue weighted by Gasteiger charge is -2.15. The van der Waals surface area contributed by atoms with Gasteiger partial charge in [0.25, 0.3) is 5.56 Å². The minimum absolute atomic E-state index is 0.0325. The molecule has 0 aliphatic carbocycles. The highest BCUT2D eigenvalue weighted by Gasteiger charge is 2.09. The predicted molar refractivity (Wildman–Crippen MR) is 69.2 cm³/mol. The van der Waals surface area contributed by atoms with Gasteiger partial charge in [-0.3, -0.25) is 9.36 Å². The van der Waals surface area contributed by atoms with Crippen LogP contribution in [0.15, 0.2) is 41.3 Å². The zero-order chi connectivity index (χ0) is 12.4. The fraction of sp³-hybridized carbons (Fsp3) is 0.231. The largest absolute Gasteiger partial charge is 0.348 e. The lowest BCUT2D eigenvalue weighted by molar-refractivity contribution is 0.797. The summed E-state index contributed by atoms with van der Waals surface area (Å²) in [6.07, 6.45) is 1.63. The Morgan fingerprint density at radius 1 is 1.18 bits per heavy atom. The third kappa shape index (κ3) is 2.06. The van der Waals surface area contributed by atoms with Crippen molar-refractivity contribution in [3.8, 4) is 11.1 Å². The van der Waals surface area contributed by atoms with Crippen LogP contribution < -0.4 is 10.5 Å². The summed E-state index contributed by atoms with van der Waals surface area (Å²) in [7, 11) is 5.46. The van der Waals surface area contributed by atoms with Crippen LogP contribution in [0.3, 0.4) is 0 Å². The van der Waals surface area contributed by atoms with Gasteiger partial charge in [-0.15, -0.1) is 0 Å². The van der Waals surface area contributed by atoms with Crippen LogP contribution in [0.2, 0.25) is 0 Å². The molecular weight excluding hydrogens is 214 g/mol. The van der Waals surface area contributed by atoms with E-state index >= 15 is 0 Å². The topological polar surface area (TPSA) is 38.1 Å². The smallest absolute Gasteiger partial charge is 0.262 e. The molecule has 1 aromatic carbocycles. The molecule has 0 bridgehead atoms. The van der Waals surface area contributed by atoms with Gasteiger partial charge in [0.15, 0.2) is 0 Å². The minimum atomic E-state index is -0.0325. The molecule has 0 saturated heterocycles. The monoisotopic (exact) mass is 229 g/mol. The maximum Gasteiger partial charge on any atom is 0.262 e. The first-order chi connectivity index (χ1) is 8.11. The van der Waals surface area contributed by atoms with Crippen LogP contribution >= 0.6 is 0 Å². The first-order valence-corrected chi connectivity index (χ1v) is 5.40. The standard InChI is InChI=1S/C13H15N3O/c1-15(2)13-14-9-11(12(17)16(13)3)10-7-5-4-6-8-10/h4-9H,1-3H3. The molecule has 1 heterocycles. The molecule has 4 nitrogen and oxygen atoms in total. The lowest BCUT2D eigenvalue weighted by Crippen LogP contribution is -2.26. The normalized spacial score (nSPS) is 10.3. The number of anilines is 1. The van der Waals surface area contributed by atoms with Crippen LogP contribution in [0, 0.1) is 0 Å². The van der Waals surface area contributed by atoms with Gasteiger partial charge in [-0.1, -0.05) is 30.3 Å². The molecule has 0 atom stereocenters. The quantitative estimate of drug-likeness (QED) is 0.783. The Kier molecular flexibility index (Phi) is 2.95. The molecule has 17 heavy (non-hydrogen) atoms. The average molecular weight is 229 g/mol. The maximum atomic E-state index is 12.2. The summed E-state index contributed by atoms with van der Waals surface area (Å²) in [6, 6.07) is 9.57. The van der Waals surface area contributed by atoms with Crippen molar-refractivity contribution < 1.29 is 0 Å². The molecule has 0 aliphatic heterocycles. The molecule has 88 valence electrons. The molecule has 0 fully saturated rings. The van der Waals surface area contributed by atoms with Crippen molar-refractivity contribution in [2.24, 2.45) is 7.05 Å². The lowest BCUT2D eigenvalue weighted by atomic mass is 10.1. The van der Waals surface area contributed by atoms with E-state index in [0.717, 1.165) is 5.56 Å². The van der Waals surface area contributed by atoms with Gasteiger partial charge in [-0.25, -0.2) is 4.98 Å². The van der Waals surface area contributed by atoms with Crippen LogP contribution in [0.4, 0.5) is 5.95 Å². The van der Waals surface area contributed by atoms with Crippen molar-refractivity contribution >= 4 is 5.95 Å². The fourth-order valence-electron chi connectivity index (χ4n) is 1.77. The fourth-order valence-corrected chi connectivity index (χ4v) is 1.77. The van der Waals surface area contributed by atoms with Gasteiger partial charge in [0.2, 0.25) is 5.95 Å². The molecule has 2 aromatic rings. The van der Waals surface area contributed by atoms with Crippen LogP contribution in [0.5, 0.6) is 0 Å². The van der Waals surface area contributed by atoms with E-state index < -0.39 is 0 Å². The van der Waals surface area contributed by atoms with E-state index in [4.69, 9.17) is 0 Å². The van der Waals surface area contributed by atoms with Gasteiger partial charge in [0.05, 0.1) is 5.56 Å². The second-order valence-electron chi connectivity index (χ2n) is 4.10. The molecule has 1 aromatic heterocycles. The van der Waals surface area contributed by atoms with E-state index in [1.54, 1.807) is 17.8 Å². The Morgan fingerprint density at radius 3 is 2.41 bits per heavy atom. The zero-order valence-electron chi connectivity index (χ0n) is 10.2. The second kappa shape index (κ2) is 4.41. The summed E-state index contributed by atoms with van der Waals surface area (Å²) in [5, 5.41) is 0. The van der Waals surface area contributed by atoms with Crippen LogP contribution in [0.25, 0.3) is 11.1 Å². The van der Waals surface area contributed by atoms with Gasteiger partial charge in [-0.05, 0) is 5.56 Å². The summed E-state index contributed by atoms with van der Waals surface area (Å²) in [5.74, 6) is 0.648. The zero-order valence-corrected chi connectivity index (χ0v) is 10.2. The molecular formula is C13H15N3O. The Bertz CT molecular complexity index is 573. The molecule has 0 amide bonds. The summed E-state index contributed by atoms with van der Waals surface area (Å²) < 4.78 is 1.56. The van der Waals surface area contributed by atoms with Crippen molar-refractivity contribution in [3.05, 3.63) is 46.9 Å². The summed E-state index contributed by atoms with van der Waals surface area (Å²) in [6.45, 7) is 0. The van der Waals surface area contributed by atoms with Gasteiger partial charge in [-0.2, -0.15) is 0 Å². The van der Waals surface area contributed by atoms with E-state index in [1.165, 1.54) is 0 Å². The Labute approximate surface area is 100 Å². The highest BCUT2D eigenvalue weighted by Crippen LogP contribution is 2.15. The second-order valence-corrected chi connectivity index (χ2v) is 4.10. The maximum absolute atomic E-state index is 12.2. The van der Waals surface area contributed by atoms with Gasteiger partial charge >= 0.3 is 0 Å². The van der Waals surface area contributed by atoms with E-state index in [1.807, 2.05) is 49.3 Å². The molecule has 4 heteroatoms. The SMILES string of the molecule is CN(C)c1ncc(-c2ccccc2)c(=O)n1C. The molecule has 2 rings (SSSR count). The van der Waals surface area contributed by atoms with Crippen LogP contribution in [-0.4, -0.2) is 23.6 Å². The predicted octanol–water partition coefficient (Wildman–Crippen LogP) is 1.51. The molecule has 0 saturated carbocycles. The summed E-state index contributed by atoms with van der Waals surface area (Å²) >= 11 is 0. The van der Waals surface area contributed by atoms with Gasteiger partial charge < -0.3 is 4.90 Å². The summed E-state index contributed by atoms with van der Waals surface area (Å²) in [4.78, 5) is 18.3. The number of aromatic nitrogens is 2. The molecule has 0 unspecified atom stereocenters. The average Bonchev–Trinajstić information content (AvgIpc) is 2.33. The van der Waals surface area contributed by atoms with E-state index in [0.29, 0.717) is 11.5 Å². The first kappa shape index (κ1) is 11.4. The Hall–Kier alpha value is -2.10. The number of nitrogens with zero attached hydrogens (tertiary/aromatic N) is 3. The van der Waals surface area contributed by atoms with Crippen molar-refractivity contribution in [2.75, 3.05) is 19.0 Å². The number of hydrogen-bond donors (Lipinski definition) is 0. The first-order valence-electron chi connectivity index (χ1n) is 5.40. The molecule has 0 N–H and O–H groups in total. The molecule has 0 radical (unpaired) electrons. The summed E-state index contributed by atoms with van der Waals surface area (Å²) in [5.41, 5.74) is 1.49. The third-order valence-electron chi connectivity index (χ3n) is 2.63. The van der Waals surface area contributed by atoms with Gasteiger partial charge in [0, 0.05) is 27.3 Å². The van der Waals surface area contributed by atoms with Crippen molar-refractivity contribution in [3.63, 3.8) is 0 Å². The van der Waals surface area contributed by atoms with Gasteiger partial charge in [0.1, 0.15) is 0 Å². The Morgan fingerprint density at radius 2 is 1.82 bits per heavy atom. The minimum Gasteiger partial charge on any atom is -0.348 e. The molecule has 0 spiro atoms. The number of benzene rings is 1. The third-order valence-corrected chi connectivity index (χ3v) is 2.63. The van der Waals surface area contributed by atoms with E-state index in [9.17, 15) is 4.79 Å². The van der Waals surface area contributed by atoms with E-state index in [2.05, 4.69) is 4.98 Å². The number of rotatable bonds is 2. The van der Waals surface area contributed by atoms with Crippen molar-refractivity contribution in [1.29, 1.82) is 0 Å². The molecule has 0 aliphatic rings. The van der Waals surface area contributed by atoms with Crippen molar-refractivity contribution in [2.45, 2.75) is 0 Å². The highest BCUT2D eigenvalue weighted by atomic mass is 16.1. The highest BCUT2D eigenvalue weighted by molar-refractivity contribution is 5.61. The van der Waals surface area contributed by atoms with E-state index in [-0.39, 0.29) is 5.56 Å². The van der Waals surface area contributed by atoms with Crippen LogP contribution in [0.1, 0.15) is 0 Å². The Balaban J connectivity index is 2.60. The number of hydrogen-bond acceptors (Lipinski definition) is 3.